The van der Waals surface area contributed by atoms with E-state index in [0.717, 1.165) is 25.1 Å². The van der Waals surface area contributed by atoms with E-state index in [2.05, 4.69) is 16.9 Å². The van der Waals surface area contributed by atoms with Crippen molar-refractivity contribution in [3.63, 3.8) is 0 Å². The fourth-order valence-electron chi connectivity index (χ4n) is 3.19. The molecule has 102 valence electrons. The van der Waals surface area contributed by atoms with Crippen molar-refractivity contribution in [2.45, 2.75) is 25.4 Å². The number of amides is 1. The zero-order valence-corrected chi connectivity index (χ0v) is 11.6. The monoisotopic (exact) mass is 261 g/mol. The number of hydrogen-bond donors (Lipinski definition) is 0. The maximum absolute atomic E-state index is 12.5. The second-order valence-corrected chi connectivity index (χ2v) is 5.53. The molecule has 19 heavy (non-hydrogen) atoms. The van der Waals surface area contributed by atoms with Crippen LogP contribution in [0.15, 0.2) is 12.3 Å². The average Bonchev–Trinajstić information content (AvgIpc) is 2.38. The summed E-state index contributed by atoms with van der Waals surface area (Å²) in [6.07, 6.45) is 2.75. The van der Waals surface area contributed by atoms with Crippen LogP contribution in [0.1, 0.15) is 22.3 Å². The van der Waals surface area contributed by atoms with E-state index >= 15 is 0 Å². The predicted octanol–water partition coefficient (Wildman–Crippen LogP) is 0.927. The van der Waals surface area contributed by atoms with Gasteiger partial charge >= 0.3 is 0 Å². The summed E-state index contributed by atoms with van der Waals surface area (Å²) in [4.78, 5) is 21.0. The van der Waals surface area contributed by atoms with Crippen LogP contribution in [0.25, 0.3) is 0 Å². The number of carbonyl (C=O) groups excluding carboxylic acids is 1. The summed E-state index contributed by atoms with van der Waals surface area (Å²) >= 11 is 0. The maximum Gasteiger partial charge on any atom is 0.256 e. The third-order valence-corrected chi connectivity index (χ3v) is 4.08. The Morgan fingerprint density at radius 1 is 1.42 bits per heavy atom. The molecule has 2 aliphatic rings. The summed E-state index contributed by atoms with van der Waals surface area (Å²) in [6.45, 7) is 3.86. The van der Waals surface area contributed by atoms with Gasteiger partial charge in [0.15, 0.2) is 0 Å². The Bertz CT molecular complexity index is 505. The molecule has 0 radical (unpaired) electrons. The Balaban J connectivity index is 1.80. The molecule has 0 N–H and O–H groups in total. The second kappa shape index (κ2) is 4.49. The van der Waals surface area contributed by atoms with Crippen LogP contribution in [0, 0.1) is 6.92 Å². The van der Waals surface area contributed by atoms with Crippen molar-refractivity contribution in [1.29, 1.82) is 0 Å². The van der Waals surface area contributed by atoms with Crippen LogP contribution in [0.3, 0.4) is 0 Å². The van der Waals surface area contributed by atoms with Crippen LogP contribution >= 0.6 is 0 Å². The smallest absolute Gasteiger partial charge is 0.256 e. The molecular weight excluding hydrogens is 242 g/mol. The normalized spacial score (nSPS) is 25.9. The molecule has 1 amide bonds. The Morgan fingerprint density at radius 2 is 2.11 bits per heavy atom. The van der Waals surface area contributed by atoms with Gasteiger partial charge in [0.1, 0.15) is 0 Å². The number of pyridine rings is 1. The van der Waals surface area contributed by atoms with Gasteiger partial charge in [0.05, 0.1) is 12.7 Å². The summed E-state index contributed by atoms with van der Waals surface area (Å²) in [6, 6.07) is 2.61. The lowest BCUT2D eigenvalue weighted by Gasteiger charge is -2.55. The Morgan fingerprint density at radius 3 is 2.68 bits per heavy atom. The van der Waals surface area contributed by atoms with Crippen molar-refractivity contribution < 1.29 is 9.53 Å². The molecule has 2 atom stereocenters. The Labute approximate surface area is 113 Å². The lowest BCUT2D eigenvalue weighted by Crippen LogP contribution is -2.69. The van der Waals surface area contributed by atoms with Crippen LogP contribution in [-0.2, 0) is 0 Å². The number of nitrogens with zero attached hydrogens (tertiary/aromatic N) is 3. The van der Waals surface area contributed by atoms with Gasteiger partial charge < -0.3 is 14.5 Å². The zero-order chi connectivity index (χ0) is 13.6. The molecule has 2 fully saturated rings. The van der Waals surface area contributed by atoms with E-state index in [1.54, 1.807) is 13.3 Å². The highest BCUT2D eigenvalue weighted by molar-refractivity contribution is 5.95. The topological polar surface area (TPSA) is 45.7 Å². The molecule has 0 aliphatic carbocycles. The number of fused-ring (bicyclic) bond motifs is 2. The number of piperidine rings is 1. The number of piperazine rings is 1. The number of hydrogen-bond acceptors (Lipinski definition) is 4. The minimum Gasteiger partial charge on any atom is -0.481 e. The molecule has 5 heteroatoms. The van der Waals surface area contributed by atoms with Crippen molar-refractivity contribution in [3.8, 4) is 5.88 Å². The lowest BCUT2D eigenvalue weighted by atomic mass is 9.87. The summed E-state index contributed by atoms with van der Waals surface area (Å²) in [5.74, 6) is 0.688. The van der Waals surface area contributed by atoms with Crippen LogP contribution in [0.4, 0.5) is 0 Å². The van der Waals surface area contributed by atoms with Crippen LogP contribution in [0.2, 0.25) is 0 Å². The summed E-state index contributed by atoms with van der Waals surface area (Å²) in [5, 5.41) is 0. The molecule has 0 saturated carbocycles. The van der Waals surface area contributed by atoms with E-state index in [-0.39, 0.29) is 5.91 Å². The molecular formula is C14H19N3O2. The van der Waals surface area contributed by atoms with Crippen molar-refractivity contribution in [3.05, 3.63) is 23.4 Å². The third kappa shape index (κ3) is 1.98. The molecule has 2 bridgehead atoms. The van der Waals surface area contributed by atoms with Crippen molar-refractivity contribution in [1.82, 2.24) is 14.8 Å². The van der Waals surface area contributed by atoms with Crippen molar-refractivity contribution in [2.75, 3.05) is 27.2 Å². The molecule has 2 unspecified atom stereocenters. The van der Waals surface area contributed by atoms with Gasteiger partial charge in [-0.2, -0.15) is 0 Å². The van der Waals surface area contributed by atoms with E-state index in [9.17, 15) is 4.79 Å². The Kier molecular flexibility index (Phi) is 2.93. The summed E-state index contributed by atoms with van der Waals surface area (Å²) in [7, 11) is 3.70. The number of rotatable bonds is 2. The summed E-state index contributed by atoms with van der Waals surface area (Å²) in [5.41, 5.74) is 1.56. The molecule has 2 saturated heterocycles. The van der Waals surface area contributed by atoms with Gasteiger partial charge in [-0.05, 0) is 26.5 Å². The lowest BCUT2D eigenvalue weighted by molar-refractivity contribution is -0.0397. The molecule has 3 rings (SSSR count). The van der Waals surface area contributed by atoms with Crippen LogP contribution < -0.4 is 4.74 Å². The maximum atomic E-state index is 12.5. The van der Waals surface area contributed by atoms with Gasteiger partial charge in [-0.1, -0.05) is 0 Å². The van der Waals surface area contributed by atoms with Gasteiger partial charge in [-0.25, -0.2) is 4.98 Å². The summed E-state index contributed by atoms with van der Waals surface area (Å²) < 4.78 is 5.13. The van der Waals surface area contributed by atoms with Crippen LogP contribution in [-0.4, -0.2) is 60.0 Å². The third-order valence-electron chi connectivity index (χ3n) is 4.08. The molecule has 5 nitrogen and oxygen atoms in total. The van der Waals surface area contributed by atoms with Crippen LogP contribution in [0.5, 0.6) is 5.88 Å². The SMILES string of the molecule is COc1ncc(C(=O)N2C3CC2CN(C)C3)cc1C. The molecule has 3 heterocycles. The molecule has 2 aliphatic heterocycles. The zero-order valence-electron chi connectivity index (χ0n) is 11.6. The first-order chi connectivity index (χ1) is 9.10. The van der Waals surface area contributed by atoms with E-state index in [4.69, 9.17) is 4.74 Å². The number of carbonyl (C=O) groups is 1. The second-order valence-electron chi connectivity index (χ2n) is 5.53. The number of ether oxygens (including phenoxy) is 1. The fourth-order valence-corrected chi connectivity index (χ4v) is 3.19. The minimum absolute atomic E-state index is 0.104. The number of aryl methyl sites for hydroxylation is 1. The molecule has 1 aromatic heterocycles. The van der Waals surface area contributed by atoms with E-state index in [1.165, 1.54) is 0 Å². The quantitative estimate of drug-likeness (QED) is 0.794. The standard InChI is InChI=1S/C14H19N3O2/c1-9-4-10(6-15-13(9)19-3)14(18)17-11-5-12(17)8-16(2)7-11/h4,6,11-12H,5,7-8H2,1-3H3. The highest BCUT2D eigenvalue weighted by Gasteiger charge is 2.46. The number of aromatic nitrogens is 1. The highest BCUT2D eigenvalue weighted by atomic mass is 16.5. The van der Waals surface area contributed by atoms with Gasteiger partial charge in [-0.3, -0.25) is 4.79 Å². The highest BCUT2D eigenvalue weighted by Crippen LogP contribution is 2.33. The van der Waals surface area contributed by atoms with Gasteiger partial charge in [0.25, 0.3) is 5.91 Å². The van der Waals surface area contributed by atoms with Gasteiger partial charge in [0, 0.05) is 36.9 Å². The number of methoxy groups -OCH3 is 1. The van der Waals surface area contributed by atoms with E-state index in [0.29, 0.717) is 23.5 Å². The number of likely N-dealkylation sites (tertiary alicyclic amines) is 2. The molecule has 0 aromatic carbocycles. The van der Waals surface area contributed by atoms with E-state index in [1.807, 2.05) is 17.9 Å². The molecule has 0 spiro atoms. The van der Waals surface area contributed by atoms with Gasteiger partial charge in [-0.15, -0.1) is 0 Å². The fraction of sp³-hybridized carbons (Fsp3) is 0.571. The predicted molar refractivity (Wildman–Crippen MR) is 71.4 cm³/mol. The minimum atomic E-state index is 0.104. The van der Waals surface area contributed by atoms with Crippen molar-refractivity contribution >= 4 is 5.91 Å². The van der Waals surface area contributed by atoms with Crippen molar-refractivity contribution in [2.24, 2.45) is 0 Å². The van der Waals surface area contributed by atoms with E-state index < -0.39 is 0 Å². The largest absolute Gasteiger partial charge is 0.481 e. The first kappa shape index (κ1) is 12.4. The average molecular weight is 261 g/mol. The molecule has 1 aromatic rings. The number of likely N-dealkylation sites (N-methyl/N-ethyl adjacent to an activating group) is 1. The first-order valence-corrected chi connectivity index (χ1v) is 6.62. The Hall–Kier alpha value is -1.62. The van der Waals surface area contributed by atoms with Gasteiger partial charge in [0.2, 0.25) is 5.88 Å². The first-order valence-electron chi connectivity index (χ1n) is 6.62.